The summed E-state index contributed by atoms with van der Waals surface area (Å²) in [6.45, 7) is -0.106. The van der Waals surface area contributed by atoms with E-state index in [1.807, 2.05) is 0 Å². The molecule has 1 fully saturated rings. The molecule has 0 radical (unpaired) electrons. The van der Waals surface area contributed by atoms with Gasteiger partial charge in [0.1, 0.15) is 5.44 Å². The number of carbonyl (C=O) groups is 1. The molecule has 0 aliphatic carbocycles. The van der Waals surface area contributed by atoms with Crippen LogP contribution < -0.4 is 11.5 Å². The molecule has 0 bridgehead atoms. The number of hydrogen-bond acceptors (Lipinski definition) is 5. The number of aliphatic imine (C=N–C) groups is 1. The lowest BCUT2D eigenvalue weighted by Crippen LogP contribution is -2.20. The summed E-state index contributed by atoms with van der Waals surface area (Å²) < 4.78 is 18.1. The Bertz CT molecular complexity index is 348. The van der Waals surface area contributed by atoms with E-state index in [0.29, 0.717) is 12.0 Å². The van der Waals surface area contributed by atoms with Gasteiger partial charge < -0.3 is 21.3 Å². The molecule has 1 amide bonds. The van der Waals surface area contributed by atoms with E-state index in [1.165, 1.54) is 11.8 Å². The number of nitrogens with two attached hydrogens (primary N) is 2. The van der Waals surface area contributed by atoms with Gasteiger partial charge in [-0.25, -0.2) is 4.39 Å². The Labute approximate surface area is 102 Å². The maximum atomic E-state index is 12.8. The minimum absolute atomic E-state index is 0.00204. The molecule has 0 aromatic rings. The first-order valence-electron chi connectivity index (χ1n) is 4.89. The number of amides is 1. The second-order valence-electron chi connectivity index (χ2n) is 3.31. The van der Waals surface area contributed by atoms with Crippen LogP contribution in [0.3, 0.4) is 0 Å². The summed E-state index contributed by atoms with van der Waals surface area (Å²) >= 11 is 1.41. The lowest BCUT2D eigenvalue weighted by atomic mass is 10.3. The molecule has 2 atom stereocenters. The maximum absolute atomic E-state index is 12.8. The Balaban J connectivity index is 2.45. The molecule has 1 heterocycles. The number of halogens is 1. The number of aliphatic hydroxyl groups is 1. The van der Waals surface area contributed by atoms with Crippen LogP contribution in [0.25, 0.3) is 0 Å². The SMILES string of the molecule is N/C=C(/F)C(N)=NC(=O)C[C@@H]1CS[C@H](CO)O1. The van der Waals surface area contributed by atoms with E-state index >= 15 is 0 Å². The van der Waals surface area contributed by atoms with Gasteiger partial charge in [0.2, 0.25) is 5.91 Å². The smallest absolute Gasteiger partial charge is 0.250 e. The number of ether oxygens (including phenoxy) is 1. The van der Waals surface area contributed by atoms with Crippen molar-refractivity contribution in [3.8, 4) is 0 Å². The van der Waals surface area contributed by atoms with Crippen molar-refractivity contribution in [1.82, 2.24) is 0 Å². The fraction of sp³-hybridized carbons (Fsp3) is 0.556. The molecule has 1 saturated heterocycles. The predicted octanol–water partition coefficient (Wildman–Crippen LogP) is -0.520. The van der Waals surface area contributed by atoms with Crippen molar-refractivity contribution in [2.24, 2.45) is 16.5 Å². The number of aliphatic hydroxyl groups excluding tert-OH is 1. The summed E-state index contributed by atoms with van der Waals surface area (Å²) in [6, 6.07) is 0. The first kappa shape index (κ1) is 13.9. The van der Waals surface area contributed by atoms with E-state index in [0.717, 1.165) is 0 Å². The van der Waals surface area contributed by atoms with Crippen LogP contribution in [0.1, 0.15) is 6.42 Å². The lowest BCUT2D eigenvalue weighted by molar-refractivity contribution is -0.120. The van der Waals surface area contributed by atoms with Crippen molar-refractivity contribution in [2.45, 2.75) is 18.0 Å². The first-order valence-corrected chi connectivity index (χ1v) is 5.94. The predicted molar refractivity (Wildman–Crippen MR) is 62.8 cm³/mol. The van der Waals surface area contributed by atoms with Crippen molar-refractivity contribution >= 4 is 23.5 Å². The molecule has 0 aromatic carbocycles. The third-order valence-corrected chi connectivity index (χ3v) is 3.20. The van der Waals surface area contributed by atoms with Gasteiger partial charge in [-0.05, 0) is 0 Å². The quantitative estimate of drug-likeness (QED) is 0.465. The molecule has 8 heteroatoms. The fourth-order valence-electron chi connectivity index (χ4n) is 1.22. The van der Waals surface area contributed by atoms with E-state index < -0.39 is 17.6 Å². The van der Waals surface area contributed by atoms with Gasteiger partial charge >= 0.3 is 0 Å². The Morgan fingerprint density at radius 3 is 2.94 bits per heavy atom. The zero-order chi connectivity index (χ0) is 12.8. The molecular weight excluding hydrogens is 249 g/mol. The van der Waals surface area contributed by atoms with Gasteiger partial charge in [0, 0.05) is 12.0 Å². The summed E-state index contributed by atoms with van der Waals surface area (Å²) in [5, 5.41) is 8.82. The highest BCUT2D eigenvalue weighted by atomic mass is 32.2. The van der Waals surface area contributed by atoms with Crippen molar-refractivity contribution < 1.29 is 19.0 Å². The second-order valence-corrected chi connectivity index (χ2v) is 4.51. The topological polar surface area (TPSA) is 111 Å². The maximum Gasteiger partial charge on any atom is 0.250 e. The molecule has 5 N–H and O–H groups in total. The molecule has 0 unspecified atom stereocenters. The second kappa shape index (κ2) is 6.58. The molecule has 0 aromatic heterocycles. The summed E-state index contributed by atoms with van der Waals surface area (Å²) in [5.41, 5.74) is 9.75. The van der Waals surface area contributed by atoms with Crippen molar-refractivity contribution in [3.63, 3.8) is 0 Å². The largest absolute Gasteiger partial charge is 0.402 e. The Hall–Kier alpha value is -1.12. The van der Waals surface area contributed by atoms with Crippen LogP contribution in [0, 0.1) is 0 Å². The van der Waals surface area contributed by atoms with Gasteiger partial charge in [-0.1, -0.05) is 0 Å². The van der Waals surface area contributed by atoms with Crippen molar-refractivity contribution in [1.29, 1.82) is 0 Å². The molecule has 6 nitrogen and oxygen atoms in total. The summed E-state index contributed by atoms with van der Waals surface area (Å²) in [6.07, 6.45) is 0.309. The van der Waals surface area contributed by atoms with Crippen molar-refractivity contribution in [3.05, 3.63) is 12.0 Å². The Morgan fingerprint density at radius 1 is 1.71 bits per heavy atom. The summed E-state index contributed by atoms with van der Waals surface area (Å²) in [5.74, 6) is -1.47. The number of rotatable bonds is 4. The number of amidine groups is 1. The van der Waals surface area contributed by atoms with Crippen LogP contribution in [0.4, 0.5) is 4.39 Å². The molecule has 1 aliphatic heterocycles. The van der Waals surface area contributed by atoms with Crippen LogP contribution in [-0.2, 0) is 9.53 Å². The molecule has 96 valence electrons. The summed E-state index contributed by atoms with van der Waals surface area (Å²) in [7, 11) is 0. The average Bonchev–Trinajstić information content (AvgIpc) is 2.75. The third kappa shape index (κ3) is 4.33. The van der Waals surface area contributed by atoms with E-state index in [4.69, 9.17) is 21.3 Å². The van der Waals surface area contributed by atoms with Gasteiger partial charge in [-0.15, -0.1) is 11.8 Å². The zero-order valence-corrected chi connectivity index (χ0v) is 9.82. The summed E-state index contributed by atoms with van der Waals surface area (Å²) in [4.78, 5) is 14.7. The van der Waals surface area contributed by atoms with Crippen molar-refractivity contribution in [2.75, 3.05) is 12.4 Å². The van der Waals surface area contributed by atoms with E-state index in [-0.39, 0.29) is 24.6 Å². The number of carbonyl (C=O) groups excluding carboxylic acids is 1. The van der Waals surface area contributed by atoms with Gasteiger partial charge in [0.05, 0.1) is 19.1 Å². The van der Waals surface area contributed by atoms with Gasteiger partial charge in [0.25, 0.3) is 0 Å². The third-order valence-electron chi connectivity index (χ3n) is 2.00. The minimum atomic E-state index is -0.937. The zero-order valence-electron chi connectivity index (χ0n) is 9.01. The average molecular weight is 263 g/mol. The van der Waals surface area contributed by atoms with E-state index in [2.05, 4.69) is 4.99 Å². The van der Waals surface area contributed by atoms with Crippen LogP contribution in [0.2, 0.25) is 0 Å². The fourth-order valence-corrected chi connectivity index (χ4v) is 2.19. The lowest BCUT2D eigenvalue weighted by Gasteiger charge is -2.08. The van der Waals surface area contributed by atoms with Crippen LogP contribution in [0.15, 0.2) is 17.0 Å². The Morgan fingerprint density at radius 2 is 2.41 bits per heavy atom. The molecule has 17 heavy (non-hydrogen) atoms. The molecule has 1 aliphatic rings. The number of thioether (sulfide) groups is 1. The van der Waals surface area contributed by atoms with Crippen LogP contribution in [-0.4, -0.2) is 40.7 Å². The minimum Gasteiger partial charge on any atom is -0.402 e. The standard InChI is InChI=1S/C9H14FN3O3S/c10-6(2-11)9(12)13-7(15)1-5-4-17-8(3-14)16-5/h2,5,8,14H,1,3-4,11H2,(H2,12,13,15)/b6-2+/t5-,8-/m1/s1. The monoisotopic (exact) mass is 263 g/mol. The highest BCUT2D eigenvalue weighted by Gasteiger charge is 2.27. The van der Waals surface area contributed by atoms with E-state index in [9.17, 15) is 9.18 Å². The highest BCUT2D eigenvalue weighted by Crippen LogP contribution is 2.26. The van der Waals surface area contributed by atoms with Crippen LogP contribution >= 0.6 is 11.8 Å². The van der Waals surface area contributed by atoms with Gasteiger partial charge in [-0.3, -0.25) is 4.79 Å². The number of nitrogens with zero attached hydrogens (tertiary/aromatic N) is 1. The van der Waals surface area contributed by atoms with E-state index in [1.54, 1.807) is 0 Å². The normalized spacial score (nSPS) is 26.2. The van der Waals surface area contributed by atoms with Crippen LogP contribution in [0.5, 0.6) is 0 Å². The first-order chi connectivity index (χ1) is 8.06. The number of hydrogen-bond donors (Lipinski definition) is 3. The van der Waals surface area contributed by atoms with Gasteiger partial charge in [0.15, 0.2) is 11.7 Å². The highest BCUT2D eigenvalue weighted by molar-refractivity contribution is 8.00. The molecule has 1 rings (SSSR count). The molecule has 0 spiro atoms. The molecular formula is C9H14FN3O3S. The Kier molecular flexibility index (Phi) is 5.39. The molecule has 0 saturated carbocycles. The van der Waals surface area contributed by atoms with Gasteiger partial charge in [-0.2, -0.15) is 4.99 Å².